The molecule has 1 heterocycles. The molecule has 13 nitrogen and oxygen atoms in total. The van der Waals surface area contributed by atoms with E-state index in [2.05, 4.69) is 16.4 Å². The highest BCUT2D eigenvalue weighted by atomic mass is 16.5. The van der Waals surface area contributed by atoms with Crippen molar-refractivity contribution in [1.29, 1.82) is 5.26 Å². The lowest BCUT2D eigenvalue weighted by atomic mass is 10.2. The summed E-state index contributed by atoms with van der Waals surface area (Å²) in [5.74, 6) is -3.53. The van der Waals surface area contributed by atoms with E-state index in [1.165, 1.54) is 0 Å². The Morgan fingerprint density at radius 2 is 1.47 bits per heavy atom. The van der Waals surface area contributed by atoms with Crippen LogP contribution in [-0.4, -0.2) is 63.4 Å². The summed E-state index contributed by atoms with van der Waals surface area (Å²) in [7, 11) is 3.47. The van der Waals surface area contributed by atoms with Crippen LogP contribution in [0.5, 0.6) is 17.4 Å². The van der Waals surface area contributed by atoms with Crippen molar-refractivity contribution in [3.63, 3.8) is 0 Å². The number of aryl methyl sites for hydroxylation is 1. The van der Waals surface area contributed by atoms with E-state index >= 15 is 0 Å². The first-order valence-electron chi connectivity index (χ1n) is 10.6. The van der Waals surface area contributed by atoms with Crippen LogP contribution in [0.1, 0.15) is 23.7 Å². The minimum atomic E-state index is -1.26. The third kappa shape index (κ3) is 13.6. The Labute approximate surface area is 217 Å². The van der Waals surface area contributed by atoms with Crippen molar-refractivity contribution < 1.29 is 49.1 Å². The predicted octanol–water partition coefficient (Wildman–Crippen LogP) is 2.46. The Balaban J connectivity index is 0.000000705. The fourth-order valence-electron chi connectivity index (χ4n) is 2.43. The van der Waals surface area contributed by atoms with Gasteiger partial charge in [0.2, 0.25) is 5.88 Å². The summed E-state index contributed by atoms with van der Waals surface area (Å²) in [4.78, 5) is 42.6. The first kappa shape index (κ1) is 32.8. The monoisotopic (exact) mass is 529 g/mol. The van der Waals surface area contributed by atoms with Crippen molar-refractivity contribution in [2.24, 2.45) is 0 Å². The van der Waals surface area contributed by atoms with Crippen LogP contribution < -0.4 is 14.8 Å². The fourth-order valence-corrected chi connectivity index (χ4v) is 2.43. The van der Waals surface area contributed by atoms with Crippen LogP contribution in [0.25, 0.3) is 0 Å². The molecule has 1 aromatic carbocycles. The van der Waals surface area contributed by atoms with E-state index in [4.69, 9.17) is 29.9 Å². The zero-order valence-corrected chi connectivity index (χ0v) is 20.7. The van der Waals surface area contributed by atoms with Gasteiger partial charge in [-0.05, 0) is 31.7 Å². The second-order valence-corrected chi connectivity index (χ2v) is 6.72. The summed E-state index contributed by atoms with van der Waals surface area (Å²) in [6, 6.07) is 11.3. The van der Waals surface area contributed by atoms with Crippen LogP contribution >= 0.6 is 0 Å². The Bertz CT molecular complexity index is 1150. The van der Waals surface area contributed by atoms with Crippen molar-refractivity contribution >= 4 is 23.9 Å². The average Bonchev–Trinajstić information content (AvgIpc) is 2.87. The van der Waals surface area contributed by atoms with Gasteiger partial charge < -0.3 is 35.2 Å². The third-order valence-electron chi connectivity index (χ3n) is 3.98. The van der Waals surface area contributed by atoms with Crippen LogP contribution in [0.2, 0.25) is 0 Å². The van der Waals surface area contributed by atoms with E-state index in [0.717, 1.165) is 17.7 Å². The molecule has 0 spiro atoms. The summed E-state index contributed by atoms with van der Waals surface area (Å²) >= 11 is 0. The van der Waals surface area contributed by atoms with Crippen molar-refractivity contribution in [3.8, 4) is 23.4 Å². The first-order valence-corrected chi connectivity index (χ1v) is 10.6. The molecule has 2 aromatic rings. The van der Waals surface area contributed by atoms with Gasteiger partial charge in [0.05, 0.1) is 7.11 Å². The van der Waals surface area contributed by atoms with Crippen molar-refractivity contribution in [1.82, 2.24) is 10.3 Å². The number of rotatable bonds is 10. The predicted molar refractivity (Wildman–Crippen MR) is 133 cm³/mol. The number of aromatic nitrogens is 1. The molecule has 13 heteroatoms. The molecular weight excluding hydrogens is 502 g/mol. The molecule has 0 saturated heterocycles. The number of nitrogens with zero attached hydrogens (tertiary/aromatic N) is 2. The van der Waals surface area contributed by atoms with Gasteiger partial charge in [0.15, 0.2) is 11.5 Å². The minimum Gasteiger partial charge on any atom is -0.492 e. The first-order chi connectivity index (χ1) is 18.0. The summed E-state index contributed by atoms with van der Waals surface area (Å²) < 4.78 is 11.3. The molecule has 0 aliphatic rings. The minimum absolute atomic E-state index is 0.307. The number of carboxylic acids is 4. The molecule has 0 bridgehead atoms. The topological polar surface area (TPSA) is 216 Å². The van der Waals surface area contributed by atoms with Crippen LogP contribution in [0, 0.1) is 11.3 Å². The van der Waals surface area contributed by atoms with Gasteiger partial charge in [0.25, 0.3) is 0 Å². The number of hydrogen-bond acceptors (Lipinski definition) is 9. The molecule has 0 unspecified atom stereocenters. The van der Waals surface area contributed by atoms with E-state index < -0.39 is 23.9 Å². The second kappa shape index (κ2) is 18.1. The SMILES string of the molecule is CCc1ccc(C#N)c(Oc2cccc(CNC)c2OC)n1.O=C(O)C=CC(=O)O.O=C(O)C=CC(=O)O. The molecule has 0 amide bonds. The molecule has 0 atom stereocenters. The Kier molecular flexibility index (Phi) is 15.6. The highest BCUT2D eigenvalue weighted by Gasteiger charge is 2.14. The highest BCUT2D eigenvalue weighted by molar-refractivity contribution is 5.90. The van der Waals surface area contributed by atoms with Crippen LogP contribution in [-0.2, 0) is 32.1 Å². The molecule has 1 aromatic heterocycles. The second-order valence-electron chi connectivity index (χ2n) is 6.72. The maximum absolute atomic E-state index is 9.55. The number of carboxylic acid groups (broad SMARTS) is 4. The van der Waals surface area contributed by atoms with Gasteiger partial charge >= 0.3 is 23.9 Å². The number of methoxy groups -OCH3 is 1. The van der Waals surface area contributed by atoms with Gasteiger partial charge in [-0.15, -0.1) is 0 Å². The summed E-state index contributed by atoms with van der Waals surface area (Å²) in [6.45, 7) is 2.67. The van der Waals surface area contributed by atoms with E-state index in [1.54, 1.807) is 19.2 Å². The molecule has 38 heavy (non-hydrogen) atoms. The van der Waals surface area contributed by atoms with Crippen LogP contribution in [0.4, 0.5) is 0 Å². The quantitative estimate of drug-likeness (QED) is 0.280. The van der Waals surface area contributed by atoms with Gasteiger partial charge in [-0.2, -0.15) is 5.26 Å². The molecular formula is C25H27N3O10. The van der Waals surface area contributed by atoms with Crippen molar-refractivity contribution in [2.75, 3.05) is 14.2 Å². The Hall–Kier alpha value is -5.22. The number of para-hydroxylation sites is 1. The largest absolute Gasteiger partial charge is 0.492 e. The number of nitriles is 1. The lowest BCUT2D eigenvalue weighted by molar-refractivity contribution is -0.134. The van der Waals surface area contributed by atoms with E-state index in [9.17, 15) is 24.4 Å². The fraction of sp³-hybridized carbons (Fsp3) is 0.200. The molecule has 0 radical (unpaired) electrons. The number of hydrogen-bond donors (Lipinski definition) is 5. The summed E-state index contributed by atoms with van der Waals surface area (Å²) in [6.07, 6.45) is 3.01. The van der Waals surface area contributed by atoms with Crippen molar-refractivity contribution in [2.45, 2.75) is 19.9 Å². The third-order valence-corrected chi connectivity index (χ3v) is 3.98. The molecule has 0 saturated carbocycles. The van der Waals surface area contributed by atoms with Gasteiger partial charge in [-0.3, -0.25) is 0 Å². The van der Waals surface area contributed by atoms with E-state index in [-0.39, 0.29) is 0 Å². The number of benzene rings is 1. The summed E-state index contributed by atoms with van der Waals surface area (Å²) in [5, 5.41) is 43.6. The molecule has 0 aliphatic heterocycles. The molecule has 202 valence electrons. The van der Waals surface area contributed by atoms with Gasteiger partial charge in [0.1, 0.15) is 11.6 Å². The zero-order valence-electron chi connectivity index (χ0n) is 20.7. The van der Waals surface area contributed by atoms with E-state index in [1.807, 2.05) is 32.2 Å². The van der Waals surface area contributed by atoms with Crippen LogP contribution in [0.3, 0.4) is 0 Å². The van der Waals surface area contributed by atoms with Gasteiger partial charge in [-0.1, -0.05) is 19.1 Å². The zero-order chi connectivity index (χ0) is 29.1. The molecule has 0 fully saturated rings. The number of carbonyl (C=O) groups is 4. The van der Waals surface area contributed by atoms with Crippen molar-refractivity contribution in [3.05, 3.63) is 71.5 Å². The molecule has 0 aliphatic carbocycles. The number of nitrogens with one attached hydrogen (secondary N) is 1. The number of aliphatic carboxylic acids is 4. The lowest BCUT2D eigenvalue weighted by Crippen LogP contribution is -2.07. The van der Waals surface area contributed by atoms with E-state index in [0.29, 0.717) is 53.8 Å². The Morgan fingerprint density at radius 3 is 1.87 bits per heavy atom. The maximum atomic E-state index is 9.55. The van der Waals surface area contributed by atoms with Gasteiger partial charge in [0, 0.05) is 42.1 Å². The number of ether oxygens (including phenoxy) is 2. The lowest BCUT2D eigenvalue weighted by Gasteiger charge is -2.14. The molecule has 2 rings (SSSR count). The molecule has 5 N–H and O–H groups in total. The normalized spacial score (nSPS) is 9.84. The standard InChI is InChI=1S/C17H19N3O2.2C4H4O4/c1-4-14-9-8-12(10-18)17(20-14)22-15-7-5-6-13(11-19-2)16(15)21-3;2*5-3(6)1-2-4(7)8/h5-9,19H,4,11H2,1-3H3;2*1-2H,(H,5,6)(H,7,8). The highest BCUT2D eigenvalue weighted by Crippen LogP contribution is 2.35. The average molecular weight is 530 g/mol. The smallest absolute Gasteiger partial charge is 0.328 e. The summed E-state index contributed by atoms with van der Waals surface area (Å²) in [5.41, 5.74) is 2.25. The maximum Gasteiger partial charge on any atom is 0.328 e. The number of pyridine rings is 1. The van der Waals surface area contributed by atoms with Crippen LogP contribution in [0.15, 0.2) is 54.6 Å². The van der Waals surface area contributed by atoms with Gasteiger partial charge in [-0.25, -0.2) is 24.2 Å². The Morgan fingerprint density at radius 1 is 0.947 bits per heavy atom.